The summed E-state index contributed by atoms with van der Waals surface area (Å²) < 4.78 is 0. The second-order valence-corrected chi connectivity index (χ2v) is 5.60. The van der Waals surface area contributed by atoms with Crippen molar-refractivity contribution in [3.05, 3.63) is 44.1 Å². The molecule has 0 bridgehead atoms. The monoisotopic (exact) mass is 334 g/mol. The van der Waals surface area contributed by atoms with Crippen LogP contribution in [0.1, 0.15) is 18.9 Å². The first-order valence-electron chi connectivity index (χ1n) is 5.69. The van der Waals surface area contributed by atoms with E-state index in [4.69, 9.17) is 46.4 Å². The minimum Gasteiger partial charge on any atom is -0.216 e. The summed E-state index contributed by atoms with van der Waals surface area (Å²) in [4.78, 5) is 8.52. The van der Waals surface area contributed by atoms with Gasteiger partial charge in [0.25, 0.3) is 0 Å². The predicted molar refractivity (Wildman–Crippen MR) is 81.5 cm³/mol. The van der Waals surface area contributed by atoms with E-state index in [1.165, 1.54) is 0 Å². The molecular formula is C13H10Cl4N2. The van der Waals surface area contributed by atoms with Gasteiger partial charge in [-0.3, -0.25) is 0 Å². The number of aromatic nitrogens is 2. The van der Waals surface area contributed by atoms with Gasteiger partial charge in [0.15, 0.2) is 5.82 Å². The van der Waals surface area contributed by atoms with Crippen LogP contribution in [0.3, 0.4) is 0 Å². The molecule has 0 unspecified atom stereocenters. The molecule has 1 aromatic carbocycles. The first-order valence-corrected chi connectivity index (χ1v) is 7.20. The molecule has 0 aliphatic heterocycles. The molecule has 1 aromatic heterocycles. The molecular weight excluding hydrogens is 326 g/mol. The van der Waals surface area contributed by atoms with Gasteiger partial charge in [0.05, 0.1) is 0 Å². The summed E-state index contributed by atoms with van der Waals surface area (Å²) in [5.41, 5.74) is 1.45. The fourth-order valence-electron chi connectivity index (χ4n) is 1.70. The van der Waals surface area contributed by atoms with E-state index in [9.17, 15) is 0 Å². The zero-order valence-corrected chi connectivity index (χ0v) is 13.1. The largest absolute Gasteiger partial charge is 0.216 e. The van der Waals surface area contributed by atoms with Gasteiger partial charge in [0, 0.05) is 21.2 Å². The van der Waals surface area contributed by atoms with Gasteiger partial charge in [-0.1, -0.05) is 59.7 Å². The normalized spacial score (nSPS) is 10.8. The molecule has 0 atom stereocenters. The van der Waals surface area contributed by atoms with Crippen molar-refractivity contribution in [2.75, 3.05) is 0 Å². The Morgan fingerprint density at radius 3 is 1.89 bits per heavy atom. The van der Waals surface area contributed by atoms with Gasteiger partial charge in [-0.25, -0.2) is 9.97 Å². The van der Waals surface area contributed by atoms with E-state index in [0.29, 0.717) is 31.7 Å². The van der Waals surface area contributed by atoms with E-state index < -0.39 is 0 Å². The number of rotatable bonds is 3. The van der Waals surface area contributed by atoms with Gasteiger partial charge in [-0.2, -0.15) is 0 Å². The van der Waals surface area contributed by atoms with Crippen molar-refractivity contribution in [1.29, 1.82) is 0 Å². The fraction of sp³-hybridized carbons (Fsp3) is 0.231. The number of halogens is 4. The van der Waals surface area contributed by atoms with Gasteiger partial charge in [-0.15, -0.1) is 0 Å². The third kappa shape index (κ3) is 3.51. The van der Waals surface area contributed by atoms with Crippen LogP contribution < -0.4 is 0 Å². The Morgan fingerprint density at radius 2 is 1.42 bits per heavy atom. The van der Waals surface area contributed by atoms with Gasteiger partial charge >= 0.3 is 0 Å². The van der Waals surface area contributed by atoms with Crippen LogP contribution in [-0.4, -0.2) is 9.97 Å². The average Bonchev–Trinajstić information content (AvgIpc) is 2.32. The molecule has 0 spiro atoms. The molecule has 2 rings (SSSR count). The van der Waals surface area contributed by atoms with Crippen molar-refractivity contribution in [2.45, 2.75) is 19.8 Å². The number of benzene rings is 1. The Balaban J connectivity index is 2.51. The van der Waals surface area contributed by atoms with Crippen molar-refractivity contribution < 1.29 is 0 Å². The smallest absolute Gasteiger partial charge is 0.162 e. The molecule has 0 saturated heterocycles. The Labute approximate surface area is 131 Å². The molecule has 2 nitrogen and oxygen atoms in total. The second-order valence-electron chi connectivity index (χ2n) is 4.02. The summed E-state index contributed by atoms with van der Waals surface area (Å²) in [6.07, 6.45) is 1.67. The quantitative estimate of drug-likeness (QED) is 0.671. The maximum atomic E-state index is 6.14. The molecule has 0 fully saturated rings. The van der Waals surface area contributed by atoms with Crippen molar-refractivity contribution in [3.63, 3.8) is 0 Å². The highest BCUT2D eigenvalue weighted by Gasteiger charge is 2.13. The van der Waals surface area contributed by atoms with Gasteiger partial charge in [0.1, 0.15) is 10.3 Å². The molecule has 0 saturated carbocycles. The predicted octanol–water partition coefficient (Wildman–Crippen LogP) is 5.71. The lowest BCUT2D eigenvalue weighted by molar-refractivity contribution is 0.903. The van der Waals surface area contributed by atoms with Crippen molar-refractivity contribution in [2.24, 2.45) is 0 Å². The third-order valence-electron chi connectivity index (χ3n) is 2.53. The molecule has 2 aromatic rings. The fourth-order valence-corrected chi connectivity index (χ4v) is 2.80. The van der Waals surface area contributed by atoms with Crippen LogP contribution in [0, 0.1) is 0 Å². The lowest BCUT2D eigenvalue weighted by atomic mass is 10.2. The summed E-state index contributed by atoms with van der Waals surface area (Å²) in [6.45, 7) is 2.04. The number of nitrogens with zero attached hydrogens (tertiary/aromatic N) is 2. The highest BCUT2D eigenvalue weighted by molar-refractivity contribution is 6.35. The van der Waals surface area contributed by atoms with Crippen molar-refractivity contribution in [1.82, 2.24) is 9.97 Å². The summed E-state index contributed by atoms with van der Waals surface area (Å²) in [6, 6.07) is 5.07. The Kier molecular flexibility index (Phi) is 4.91. The maximum Gasteiger partial charge on any atom is 0.162 e. The van der Waals surface area contributed by atoms with Crippen LogP contribution in [0.25, 0.3) is 11.4 Å². The molecule has 6 heteroatoms. The highest BCUT2D eigenvalue weighted by atomic mass is 35.5. The lowest BCUT2D eigenvalue weighted by Gasteiger charge is -2.08. The van der Waals surface area contributed by atoms with Crippen LogP contribution in [0.15, 0.2) is 18.2 Å². The molecule has 0 N–H and O–H groups in total. The van der Waals surface area contributed by atoms with E-state index in [1.807, 2.05) is 6.92 Å². The molecule has 0 radical (unpaired) electrons. The minimum absolute atomic E-state index is 0.368. The van der Waals surface area contributed by atoms with E-state index in [1.54, 1.807) is 18.2 Å². The Bertz CT molecular complexity index is 570. The summed E-state index contributed by atoms with van der Waals surface area (Å²) in [7, 11) is 0. The van der Waals surface area contributed by atoms with Crippen LogP contribution in [0.5, 0.6) is 0 Å². The number of hydrogen-bond donors (Lipinski definition) is 0. The molecule has 0 aliphatic rings. The van der Waals surface area contributed by atoms with Crippen LogP contribution in [-0.2, 0) is 6.42 Å². The standard InChI is InChI=1S/C13H10Cl4N2/c1-2-3-10-11(16)18-13(19-12(10)17)7-4-8(14)6-9(15)5-7/h4-6H,2-3H2,1H3. The van der Waals surface area contributed by atoms with Crippen LogP contribution >= 0.6 is 46.4 Å². The topological polar surface area (TPSA) is 25.8 Å². The van der Waals surface area contributed by atoms with Crippen LogP contribution in [0.4, 0.5) is 0 Å². The van der Waals surface area contributed by atoms with E-state index in [0.717, 1.165) is 18.4 Å². The third-order valence-corrected chi connectivity index (χ3v) is 3.59. The molecule has 19 heavy (non-hydrogen) atoms. The number of hydrogen-bond acceptors (Lipinski definition) is 2. The zero-order valence-electron chi connectivity index (χ0n) is 10.1. The van der Waals surface area contributed by atoms with E-state index in [-0.39, 0.29) is 0 Å². The van der Waals surface area contributed by atoms with Gasteiger partial charge in [0.2, 0.25) is 0 Å². The lowest BCUT2D eigenvalue weighted by Crippen LogP contribution is -1.97. The van der Waals surface area contributed by atoms with E-state index in [2.05, 4.69) is 9.97 Å². The Morgan fingerprint density at radius 1 is 0.895 bits per heavy atom. The second kappa shape index (κ2) is 6.27. The molecule has 100 valence electrons. The van der Waals surface area contributed by atoms with Crippen molar-refractivity contribution >= 4 is 46.4 Å². The SMILES string of the molecule is CCCc1c(Cl)nc(-c2cc(Cl)cc(Cl)c2)nc1Cl. The molecule has 1 heterocycles. The Hall–Kier alpha value is -0.540. The zero-order chi connectivity index (χ0) is 14.0. The van der Waals surface area contributed by atoms with Gasteiger partial charge in [-0.05, 0) is 24.6 Å². The van der Waals surface area contributed by atoms with Gasteiger partial charge < -0.3 is 0 Å². The summed E-state index contributed by atoms with van der Waals surface area (Å²) in [5, 5.41) is 1.76. The maximum absolute atomic E-state index is 6.14. The highest BCUT2D eigenvalue weighted by Crippen LogP contribution is 2.29. The summed E-state index contributed by atoms with van der Waals surface area (Å²) in [5.74, 6) is 0.416. The molecule has 0 amide bonds. The summed E-state index contributed by atoms with van der Waals surface area (Å²) >= 11 is 24.2. The van der Waals surface area contributed by atoms with Crippen LogP contribution in [0.2, 0.25) is 20.4 Å². The van der Waals surface area contributed by atoms with E-state index >= 15 is 0 Å². The first-order chi connectivity index (χ1) is 9.01. The minimum atomic E-state index is 0.368. The van der Waals surface area contributed by atoms with Crippen molar-refractivity contribution in [3.8, 4) is 11.4 Å². The molecule has 0 aliphatic carbocycles. The average molecular weight is 336 g/mol. The first kappa shape index (κ1) is 14.9.